The highest BCUT2D eigenvalue weighted by molar-refractivity contribution is 7.00. The molecule has 4 aliphatic carbocycles. The number of hydrogen-bond donors (Lipinski definition) is 0. The Bertz CT molecular complexity index is 4090. The molecule has 0 saturated heterocycles. The summed E-state index contributed by atoms with van der Waals surface area (Å²) in [6.45, 7) is 14.1. The summed E-state index contributed by atoms with van der Waals surface area (Å²) < 4.78 is 0. The average molecular weight is 1010 g/mol. The van der Waals surface area contributed by atoms with E-state index in [0.717, 1.165) is 0 Å². The third kappa shape index (κ3) is 5.53. The van der Waals surface area contributed by atoms with Crippen LogP contribution >= 0.6 is 0 Å². The minimum atomic E-state index is -0.547. The largest absolute Gasteiger partial charge is 0.311 e. The first-order valence-corrected chi connectivity index (χ1v) is 28.4. The Kier molecular flexibility index (Phi) is 8.81. The van der Waals surface area contributed by atoms with Gasteiger partial charge in [0.05, 0.1) is 22.2 Å². The minimum absolute atomic E-state index is 0.0556. The summed E-state index contributed by atoms with van der Waals surface area (Å²) in [6, 6.07) is 91.8. The maximum atomic E-state index is 2.69. The molecule has 2 spiro atoms. The van der Waals surface area contributed by atoms with Crippen LogP contribution in [0.4, 0.5) is 34.1 Å². The molecule has 2 heterocycles. The van der Waals surface area contributed by atoms with Crippen LogP contribution in [0.15, 0.2) is 237 Å². The molecule has 0 bridgehead atoms. The van der Waals surface area contributed by atoms with Crippen molar-refractivity contribution in [1.29, 1.82) is 0 Å². The van der Waals surface area contributed by atoms with Crippen molar-refractivity contribution in [2.75, 3.05) is 9.80 Å². The molecule has 0 fully saturated rings. The van der Waals surface area contributed by atoms with Crippen LogP contribution in [0.1, 0.15) is 97.2 Å². The summed E-state index contributed by atoms with van der Waals surface area (Å²) in [6.07, 6.45) is 0. The van der Waals surface area contributed by atoms with Gasteiger partial charge in [-0.25, -0.2) is 0 Å². The van der Waals surface area contributed by atoms with E-state index in [2.05, 4.69) is 288 Å². The lowest BCUT2D eigenvalue weighted by Crippen LogP contribution is -2.61. The van der Waals surface area contributed by atoms with Gasteiger partial charge >= 0.3 is 0 Å². The van der Waals surface area contributed by atoms with Gasteiger partial charge in [-0.05, 0) is 153 Å². The molecular weight excluding hydrogens is 952 g/mol. The van der Waals surface area contributed by atoms with Gasteiger partial charge < -0.3 is 9.80 Å². The lowest BCUT2D eigenvalue weighted by Gasteiger charge is -2.46. The molecule has 0 radical (unpaired) electrons. The first-order valence-electron chi connectivity index (χ1n) is 28.4. The molecule has 2 nitrogen and oxygen atoms in total. The van der Waals surface area contributed by atoms with Crippen molar-refractivity contribution in [1.82, 2.24) is 0 Å². The van der Waals surface area contributed by atoms with Crippen molar-refractivity contribution >= 4 is 57.2 Å². The van der Waals surface area contributed by atoms with Crippen LogP contribution in [0.25, 0.3) is 44.5 Å². The molecule has 0 saturated carbocycles. The molecule has 11 aromatic carbocycles. The van der Waals surface area contributed by atoms with Crippen LogP contribution < -0.4 is 26.2 Å². The van der Waals surface area contributed by atoms with E-state index in [1.165, 1.54) is 151 Å². The number of nitrogens with zero attached hydrogens (tertiary/aromatic N) is 2. The summed E-state index contributed by atoms with van der Waals surface area (Å²) in [4.78, 5) is 5.39. The predicted molar refractivity (Wildman–Crippen MR) is 330 cm³/mol. The average Bonchev–Trinajstić information content (AvgIpc) is 4.07. The molecule has 0 N–H and O–H groups in total. The zero-order valence-corrected chi connectivity index (χ0v) is 45.5. The van der Waals surface area contributed by atoms with Crippen LogP contribution in [0, 0.1) is 0 Å². The van der Waals surface area contributed by atoms with E-state index in [0.29, 0.717) is 0 Å². The van der Waals surface area contributed by atoms with Crippen molar-refractivity contribution in [2.24, 2.45) is 0 Å². The number of hydrogen-bond acceptors (Lipinski definition) is 2. The number of fused-ring (bicyclic) bond motifs is 24. The zero-order valence-electron chi connectivity index (χ0n) is 45.5. The Morgan fingerprint density at radius 1 is 0.278 bits per heavy atom. The van der Waals surface area contributed by atoms with Crippen molar-refractivity contribution in [3.8, 4) is 44.5 Å². The Morgan fingerprint density at radius 3 is 0.886 bits per heavy atom. The first kappa shape index (κ1) is 45.1. The van der Waals surface area contributed by atoms with Crippen molar-refractivity contribution in [3.05, 3.63) is 292 Å². The van der Waals surface area contributed by atoms with Crippen molar-refractivity contribution in [3.63, 3.8) is 0 Å². The van der Waals surface area contributed by atoms with E-state index in [9.17, 15) is 0 Å². The molecular formula is C76H57BN2. The molecule has 0 unspecified atom stereocenters. The van der Waals surface area contributed by atoms with Gasteiger partial charge in [-0.2, -0.15) is 0 Å². The predicted octanol–water partition coefficient (Wildman–Crippen LogP) is 17.1. The summed E-state index contributed by atoms with van der Waals surface area (Å²) in [7, 11) is 0. The van der Waals surface area contributed by atoms with E-state index in [1.807, 2.05) is 0 Å². The lowest BCUT2D eigenvalue weighted by molar-refractivity contribution is 0.590. The molecule has 6 aliphatic rings. The smallest absolute Gasteiger partial charge is 0.252 e. The molecule has 374 valence electrons. The number of anilines is 6. The van der Waals surface area contributed by atoms with E-state index in [4.69, 9.17) is 0 Å². The monoisotopic (exact) mass is 1010 g/mol. The fourth-order valence-electron chi connectivity index (χ4n) is 16.0. The number of rotatable bonds is 2. The fraction of sp³-hybridized carbons (Fsp3) is 0.132. The maximum absolute atomic E-state index is 2.69. The summed E-state index contributed by atoms with van der Waals surface area (Å²) in [5.74, 6) is 0. The van der Waals surface area contributed by atoms with Gasteiger partial charge in [0.1, 0.15) is 0 Å². The Balaban J connectivity index is 0.996. The molecule has 79 heavy (non-hydrogen) atoms. The van der Waals surface area contributed by atoms with Crippen molar-refractivity contribution < 1.29 is 0 Å². The van der Waals surface area contributed by atoms with Gasteiger partial charge in [0.2, 0.25) is 0 Å². The highest BCUT2D eigenvalue weighted by Crippen LogP contribution is 2.68. The molecule has 0 atom stereocenters. The van der Waals surface area contributed by atoms with Crippen LogP contribution in [-0.2, 0) is 21.7 Å². The van der Waals surface area contributed by atoms with Gasteiger partial charge in [-0.15, -0.1) is 0 Å². The topological polar surface area (TPSA) is 6.48 Å². The molecule has 2 aliphatic heterocycles. The van der Waals surface area contributed by atoms with Crippen LogP contribution in [-0.4, -0.2) is 6.71 Å². The van der Waals surface area contributed by atoms with E-state index < -0.39 is 10.8 Å². The van der Waals surface area contributed by atoms with E-state index >= 15 is 0 Å². The second-order valence-electron chi connectivity index (χ2n) is 25.0. The van der Waals surface area contributed by atoms with Crippen LogP contribution in [0.2, 0.25) is 0 Å². The van der Waals surface area contributed by atoms with Gasteiger partial charge in [0, 0.05) is 33.9 Å². The minimum Gasteiger partial charge on any atom is -0.311 e. The second kappa shape index (κ2) is 15.4. The van der Waals surface area contributed by atoms with E-state index in [-0.39, 0.29) is 17.5 Å². The van der Waals surface area contributed by atoms with Crippen molar-refractivity contribution in [2.45, 2.75) is 63.2 Å². The quantitative estimate of drug-likeness (QED) is 0.159. The normalized spacial score (nSPS) is 15.3. The lowest BCUT2D eigenvalue weighted by atomic mass is 9.33. The third-order valence-electron chi connectivity index (χ3n) is 19.2. The van der Waals surface area contributed by atoms with Crippen LogP contribution in [0.3, 0.4) is 0 Å². The maximum Gasteiger partial charge on any atom is 0.252 e. The molecule has 3 heteroatoms. The fourth-order valence-corrected chi connectivity index (χ4v) is 16.0. The third-order valence-corrected chi connectivity index (χ3v) is 19.2. The highest BCUT2D eigenvalue weighted by atomic mass is 15.2. The molecule has 0 amide bonds. The number of benzene rings is 11. The zero-order chi connectivity index (χ0) is 52.9. The Morgan fingerprint density at radius 2 is 0.557 bits per heavy atom. The van der Waals surface area contributed by atoms with Gasteiger partial charge in [-0.1, -0.05) is 242 Å². The Labute approximate surface area is 464 Å². The summed E-state index contributed by atoms with van der Waals surface area (Å²) in [5, 5.41) is 0. The highest BCUT2D eigenvalue weighted by Gasteiger charge is 2.56. The standard InChI is InChI=1S/C76H57BN2/c1-73(2,3)46-40-42-64-62(44-46)77-63-45-47(74(4,5)6)41-43-65(63)79(67-37-20-29-55-53-27-12-18-35-61(53)76(71(55)67)58-32-15-9-24-50(58)51-25-10-16-33-59(51)76)69-39-21-38-68(72(69)77)78(64)66-36-19-28-54-52-26-11-17-34-60(52)75(70(54)66)56-30-13-7-22-48(56)49-23-8-14-31-57(49)75/h7-45H,1-6H3. The van der Waals surface area contributed by atoms with Gasteiger partial charge in [0.15, 0.2) is 0 Å². The first-order chi connectivity index (χ1) is 38.5. The Hall–Kier alpha value is -8.92. The van der Waals surface area contributed by atoms with Crippen LogP contribution in [0.5, 0.6) is 0 Å². The molecule has 0 aromatic heterocycles. The SMILES string of the molecule is CC(C)(C)c1ccc2c(c1)B1c3cc(C(C)(C)C)ccc3N(c3cccc4c3C3(c5ccccc5-c5ccccc53)c3ccccc3-4)c3cccc(c31)N2c1cccc2c1C1(c3ccccc3-c3ccccc31)c1ccccc1-2. The summed E-state index contributed by atoms with van der Waals surface area (Å²) >= 11 is 0. The molecule has 11 aromatic rings. The van der Waals surface area contributed by atoms with Gasteiger partial charge in [-0.3, -0.25) is 0 Å². The summed E-state index contributed by atoms with van der Waals surface area (Å²) in [5.41, 5.74) is 34.0. The second-order valence-corrected chi connectivity index (χ2v) is 25.0. The van der Waals surface area contributed by atoms with E-state index in [1.54, 1.807) is 0 Å². The molecule has 17 rings (SSSR count). The van der Waals surface area contributed by atoms with Gasteiger partial charge in [0.25, 0.3) is 6.71 Å².